The van der Waals surface area contributed by atoms with Gasteiger partial charge in [-0.05, 0) is 43.7 Å². The van der Waals surface area contributed by atoms with Crippen LogP contribution < -0.4 is 15.4 Å². The van der Waals surface area contributed by atoms with Crippen molar-refractivity contribution in [2.75, 3.05) is 27.7 Å². The second-order valence-electron chi connectivity index (χ2n) is 6.74. The maximum atomic E-state index is 5.27. The lowest BCUT2D eigenvalue weighted by atomic mass is 10.1. The van der Waals surface area contributed by atoms with Crippen LogP contribution >= 0.6 is 0 Å². The number of ether oxygens (including phenoxy) is 1. The van der Waals surface area contributed by atoms with Crippen LogP contribution in [-0.4, -0.2) is 44.7 Å². The highest BCUT2D eigenvalue weighted by molar-refractivity contribution is 5.79. The molecule has 0 amide bonds. The molecule has 2 aromatic carbocycles. The molecule has 5 nitrogen and oxygen atoms in total. The van der Waals surface area contributed by atoms with E-state index in [9.17, 15) is 0 Å². The lowest BCUT2D eigenvalue weighted by Gasteiger charge is -2.25. The van der Waals surface area contributed by atoms with Gasteiger partial charge in [0.2, 0.25) is 0 Å². The third-order valence-corrected chi connectivity index (χ3v) is 4.70. The fourth-order valence-corrected chi connectivity index (χ4v) is 2.84. The predicted octanol–water partition coefficient (Wildman–Crippen LogP) is 3.27. The standard InChI is InChI=1S/C22H32N4O/c1-18(26(3)17-19-9-6-5-7-10-19)13-14-24-22(23-2)25-16-20-11-8-12-21(15-20)27-4/h5-12,15,18H,13-14,16-17H2,1-4H3,(H2,23,24,25). The van der Waals surface area contributed by atoms with Gasteiger partial charge in [-0.2, -0.15) is 0 Å². The molecule has 0 radical (unpaired) electrons. The van der Waals surface area contributed by atoms with Gasteiger partial charge in [0.1, 0.15) is 5.75 Å². The van der Waals surface area contributed by atoms with E-state index in [0.717, 1.165) is 36.8 Å². The van der Waals surface area contributed by atoms with E-state index in [4.69, 9.17) is 4.74 Å². The molecule has 0 bridgehead atoms. The van der Waals surface area contributed by atoms with Crippen molar-refractivity contribution in [3.8, 4) is 5.75 Å². The van der Waals surface area contributed by atoms with Crippen LogP contribution in [0.25, 0.3) is 0 Å². The van der Waals surface area contributed by atoms with Gasteiger partial charge in [0.15, 0.2) is 5.96 Å². The molecule has 0 aliphatic heterocycles. The van der Waals surface area contributed by atoms with Gasteiger partial charge < -0.3 is 15.4 Å². The van der Waals surface area contributed by atoms with E-state index >= 15 is 0 Å². The smallest absolute Gasteiger partial charge is 0.191 e. The minimum atomic E-state index is 0.481. The van der Waals surface area contributed by atoms with Crippen LogP contribution in [-0.2, 0) is 13.1 Å². The Labute approximate surface area is 163 Å². The summed E-state index contributed by atoms with van der Waals surface area (Å²) < 4.78 is 5.27. The fourth-order valence-electron chi connectivity index (χ4n) is 2.84. The Morgan fingerprint density at radius 1 is 1.07 bits per heavy atom. The molecule has 146 valence electrons. The summed E-state index contributed by atoms with van der Waals surface area (Å²) >= 11 is 0. The Morgan fingerprint density at radius 2 is 1.81 bits per heavy atom. The largest absolute Gasteiger partial charge is 0.497 e. The monoisotopic (exact) mass is 368 g/mol. The lowest BCUT2D eigenvalue weighted by molar-refractivity contribution is 0.238. The van der Waals surface area contributed by atoms with Crippen LogP contribution in [0.5, 0.6) is 5.75 Å². The van der Waals surface area contributed by atoms with Crippen molar-refractivity contribution in [1.82, 2.24) is 15.5 Å². The molecule has 0 saturated carbocycles. The van der Waals surface area contributed by atoms with Gasteiger partial charge in [-0.1, -0.05) is 42.5 Å². The van der Waals surface area contributed by atoms with Gasteiger partial charge in [-0.15, -0.1) is 0 Å². The van der Waals surface area contributed by atoms with Crippen molar-refractivity contribution in [1.29, 1.82) is 0 Å². The van der Waals surface area contributed by atoms with Crippen LogP contribution in [0.3, 0.4) is 0 Å². The van der Waals surface area contributed by atoms with Gasteiger partial charge in [0.25, 0.3) is 0 Å². The summed E-state index contributed by atoms with van der Waals surface area (Å²) in [6.07, 6.45) is 1.04. The second-order valence-corrected chi connectivity index (χ2v) is 6.74. The van der Waals surface area contributed by atoms with E-state index in [1.807, 2.05) is 18.2 Å². The Bertz CT molecular complexity index is 702. The second kappa shape index (κ2) is 11.2. The van der Waals surface area contributed by atoms with E-state index in [-0.39, 0.29) is 0 Å². The lowest BCUT2D eigenvalue weighted by Crippen LogP contribution is -2.39. The molecule has 5 heteroatoms. The minimum absolute atomic E-state index is 0.481. The Morgan fingerprint density at radius 3 is 2.52 bits per heavy atom. The zero-order valence-electron chi connectivity index (χ0n) is 16.9. The molecular formula is C22H32N4O. The van der Waals surface area contributed by atoms with Crippen LogP contribution in [0.1, 0.15) is 24.5 Å². The van der Waals surface area contributed by atoms with E-state index in [1.54, 1.807) is 14.2 Å². The van der Waals surface area contributed by atoms with Crippen molar-refractivity contribution in [3.05, 3.63) is 65.7 Å². The third-order valence-electron chi connectivity index (χ3n) is 4.70. The summed E-state index contributed by atoms with van der Waals surface area (Å²) in [4.78, 5) is 6.68. The van der Waals surface area contributed by atoms with E-state index in [1.165, 1.54) is 5.56 Å². The SMILES string of the molecule is CN=C(NCCC(C)N(C)Cc1ccccc1)NCc1cccc(OC)c1. The summed E-state index contributed by atoms with van der Waals surface area (Å²) in [5, 5.41) is 6.75. The summed E-state index contributed by atoms with van der Waals surface area (Å²) in [6.45, 7) is 4.81. The van der Waals surface area contributed by atoms with Gasteiger partial charge in [0.05, 0.1) is 7.11 Å². The van der Waals surface area contributed by atoms with E-state index < -0.39 is 0 Å². The number of nitrogens with one attached hydrogen (secondary N) is 2. The molecule has 1 unspecified atom stereocenters. The molecule has 0 spiro atoms. The number of benzene rings is 2. The molecule has 2 aromatic rings. The fraction of sp³-hybridized carbons (Fsp3) is 0.409. The van der Waals surface area contributed by atoms with Gasteiger partial charge >= 0.3 is 0 Å². The number of aliphatic imine (C=N–C) groups is 1. The van der Waals surface area contributed by atoms with Crippen LogP contribution in [0.15, 0.2) is 59.6 Å². The topological polar surface area (TPSA) is 48.9 Å². The minimum Gasteiger partial charge on any atom is -0.497 e. The quantitative estimate of drug-likeness (QED) is 0.527. The highest BCUT2D eigenvalue weighted by Crippen LogP contribution is 2.12. The Kier molecular flexibility index (Phi) is 8.65. The van der Waals surface area contributed by atoms with Crippen LogP contribution in [0, 0.1) is 0 Å². The predicted molar refractivity (Wildman–Crippen MR) is 113 cm³/mol. The van der Waals surface area contributed by atoms with Crippen molar-refractivity contribution < 1.29 is 4.74 Å². The van der Waals surface area contributed by atoms with Gasteiger partial charge in [0, 0.05) is 32.7 Å². The molecule has 2 rings (SSSR count). The van der Waals surface area contributed by atoms with Gasteiger partial charge in [-0.25, -0.2) is 0 Å². The number of guanidine groups is 1. The first-order valence-corrected chi connectivity index (χ1v) is 9.44. The maximum Gasteiger partial charge on any atom is 0.191 e. The molecular weight excluding hydrogens is 336 g/mol. The maximum absolute atomic E-state index is 5.27. The summed E-state index contributed by atoms with van der Waals surface area (Å²) in [5.41, 5.74) is 2.50. The highest BCUT2D eigenvalue weighted by Gasteiger charge is 2.09. The van der Waals surface area contributed by atoms with Gasteiger partial charge in [-0.3, -0.25) is 9.89 Å². The van der Waals surface area contributed by atoms with E-state index in [0.29, 0.717) is 12.6 Å². The number of methoxy groups -OCH3 is 1. The van der Waals surface area contributed by atoms with Crippen LogP contribution in [0.2, 0.25) is 0 Å². The first-order chi connectivity index (χ1) is 13.1. The van der Waals surface area contributed by atoms with Crippen molar-refractivity contribution in [3.63, 3.8) is 0 Å². The number of nitrogens with zero attached hydrogens (tertiary/aromatic N) is 2. The Hall–Kier alpha value is -2.53. The molecule has 0 aliphatic rings. The van der Waals surface area contributed by atoms with Crippen molar-refractivity contribution in [2.45, 2.75) is 32.5 Å². The van der Waals surface area contributed by atoms with Crippen molar-refractivity contribution in [2.24, 2.45) is 4.99 Å². The normalized spacial score (nSPS) is 12.7. The summed E-state index contributed by atoms with van der Waals surface area (Å²) in [7, 11) is 5.66. The molecule has 0 aromatic heterocycles. The van der Waals surface area contributed by atoms with Crippen LogP contribution in [0.4, 0.5) is 0 Å². The molecule has 27 heavy (non-hydrogen) atoms. The average Bonchev–Trinajstić information content (AvgIpc) is 2.71. The van der Waals surface area contributed by atoms with E-state index in [2.05, 4.69) is 70.9 Å². The average molecular weight is 369 g/mol. The number of rotatable bonds is 9. The molecule has 0 heterocycles. The zero-order chi connectivity index (χ0) is 19.5. The first-order valence-electron chi connectivity index (χ1n) is 9.44. The molecule has 0 aliphatic carbocycles. The van der Waals surface area contributed by atoms with Crippen molar-refractivity contribution >= 4 is 5.96 Å². The number of hydrogen-bond donors (Lipinski definition) is 2. The third kappa shape index (κ3) is 7.31. The highest BCUT2D eigenvalue weighted by atomic mass is 16.5. The summed E-state index contributed by atoms with van der Waals surface area (Å²) in [5.74, 6) is 1.68. The molecule has 0 saturated heterocycles. The number of hydrogen-bond acceptors (Lipinski definition) is 3. The summed E-state index contributed by atoms with van der Waals surface area (Å²) in [6, 6.07) is 19.1. The Balaban J connectivity index is 1.72. The first kappa shape index (κ1) is 20.8. The molecule has 2 N–H and O–H groups in total. The zero-order valence-corrected chi connectivity index (χ0v) is 16.9. The molecule has 1 atom stereocenters. The molecule has 0 fully saturated rings.